The van der Waals surface area contributed by atoms with E-state index in [1.54, 1.807) is 7.11 Å². The first kappa shape index (κ1) is 14.4. The van der Waals surface area contributed by atoms with Crippen molar-refractivity contribution in [1.82, 2.24) is 4.90 Å². The van der Waals surface area contributed by atoms with Crippen molar-refractivity contribution in [2.24, 2.45) is 0 Å². The topological polar surface area (TPSA) is 38.8 Å². The standard InChI is InChI=1S/C11H23NO3/c1-4-15-11(13)7-9-12(2)8-5-6-10-14-3/h4-10H2,1-3H3. The van der Waals surface area contributed by atoms with E-state index >= 15 is 0 Å². The molecule has 4 heteroatoms. The van der Waals surface area contributed by atoms with Crippen molar-refractivity contribution < 1.29 is 14.3 Å². The van der Waals surface area contributed by atoms with Crippen LogP contribution in [0.3, 0.4) is 0 Å². The van der Waals surface area contributed by atoms with Crippen molar-refractivity contribution in [2.45, 2.75) is 26.2 Å². The van der Waals surface area contributed by atoms with Crippen LogP contribution in [0.2, 0.25) is 0 Å². The number of hydrogen-bond acceptors (Lipinski definition) is 4. The van der Waals surface area contributed by atoms with Crippen molar-refractivity contribution in [1.29, 1.82) is 0 Å². The summed E-state index contributed by atoms with van der Waals surface area (Å²) in [5, 5.41) is 0. The van der Waals surface area contributed by atoms with Gasteiger partial charge in [0, 0.05) is 20.3 Å². The van der Waals surface area contributed by atoms with Gasteiger partial charge in [0.15, 0.2) is 0 Å². The fourth-order valence-electron chi connectivity index (χ4n) is 1.26. The van der Waals surface area contributed by atoms with Gasteiger partial charge in [-0.05, 0) is 33.4 Å². The maximum Gasteiger partial charge on any atom is 0.307 e. The maximum atomic E-state index is 11.1. The lowest BCUT2D eigenvalue weighted by Crippen LogP contribution is -2.23. The summed E-state index contributed by atoms with van der Waals surface area (Å²) >= 11 is 0. The fraction of sp³-hybridized carbons (Fsp3) is 0.909. The normalized spacial score (nSPS) is 10.7. The number of rotatable bonds is 9. The molecule has 0 saturated carbocycles. The molecule has 0 aromatic carbocycles. The smallest absolute Gasteiger partial charge is 0.307 e. The van der Waals surface area contributed by atoms with Crippen LogP contribution in [-0.2, 0) is 14.3 Å². The van der Waals surface area contributed by atoms with Crippen LogP contribution in [0.4, 0.5) is 0 Å². The van der Waals surface area contributed by atoms with Gasteiger partial charge in [0.25, 0.3) is 0 Å². The predicted molar refractivity (Wildman–Crippen MR) is 59.9 cm³/mol. The summed E-state index contributed by atoms with van der Waals surface area (Å²) in [4.78, 5) is 13.2. The lowest BCUT2D eigenvalue weighted by atomic mass is 10.3. The molecule has 0 unspecified atom stereocenters. The Balaban J connectivity index is 3.32. The largest absolute Gasteiger partial charge is 0.466 e. The molecular weight excluding hydrogens is 194 g/mol. The number of carbonyl (C=O) groups is 1. The Labute approximate surface area is 92.5 Å². The summed E-state index contributed by atoms with van der Waals surface area (Å²) in [5.74, 6) is -0.110. The van der Waals surface area contributed by atoms with Gasteiger partial charge in [-0.25, -0.2) is 0 Å². The highest BCUT2D eigenvalue weighted by molar-refractivity contribution is 5.69. The Morgan fingerprint density at radius 3 is 2.60 bits per heavy atom. The van der Waals surface area contributed by atoms with Gasteiger partial charge in [0.2, 0.25) is 0 Å². The molecule has 0 aliphatic carbocycles. The maximum absolute atomic E-state index is 11.1. The van der Waals surface area contributed by atoms with Crippen LogP contribution in [0.5, 0.6) is 0 Å². The first-order chi connectivity index (χ1) is 7.20. The molecule has 4 nitrogen and oxygen atoms in total. The van der Waals surface area contributed by atoms with Gasteiger partial charge in [0.1, 0.15) is 0 Å². The zero-order valence-electron chi connectivity index (χ0n) is 10.1. The lowest BCUT2D eigenvalue weighted by Gasteiger charge is -2.15. The number of unbranched alkanes of at least 4 members (excludes halogenated alkanes) is 1. The summed E-state index contributed by atoms with van der Waals surface area (Å²) < 4.78 is 9.81. The average molecular weight is 217 g/mol. The molecule has 0 radical (unpaired) electrons. The minimum Gasteiger partial charge on any atom is -0.466 e. The number of hydrogen-bond donors (Lipinski definition) is 0. The minimum absolute atomic E-state index is 0.110. The van der Waals surface area contributed by atoms with Gasteiger partial charge in [0.05, 0.1) is 13.0 Å². The molecule has 0 heterocycles. The molecule has 0 saturated heterocycles. The second-order valence-electron chi connectivity index (χ2n) is 3.56. The van der Waals surface area contributed by atoms with Gasteiger partial charge in [-0.2, -0.15) is 0 Å². The van der Waals surface area contributed by atoms with E-state index in [0.29, 0.717) is 13.0 Å². The first-order valence-electron chi connectivity index (χ1n) is 5.53. The lowest BCUT2D eigenvalue weighted by molar-refractivity contribution is -0.143. The Bertz CT molecular complexity index is 162. The summed E-state index contributed by atoms with van der Waals surface area (Å²) in [6.07, 6.45) is 2.65. The molecule has 0 atom stereocenters. The van der Waals surface area contributed by atoms with Crippen LogP contribution in [0.25, 0.3) is 0 Å². The monoisotopic (exact) mass is 217 g/mol. The zero-order chi connectivity index (χ0) is 11.5. The number of carbonyl (C=O) groups excluding carboxylic acids is 1. The van der Waals surface area contributed by atoms with Crippen molar-refractivity contribution in [3.8, 4) is 0 Å². The molecule has 0 spiro atoms. The van der Waals surface area contributed by atoms with Crippen LogP contribution in [-0.4, -0.2) is 51.3 Å². The molecule has 0 aliphatic heterocycles. The first-order valence-corrected chi connectivity index (χ1v) is 5.53. The van der Waals surface area contributed by atoms with Gasteiger partial charge in [-0.1, -0.05) is 0 Å². The molecule has 0 bridgehead atoms. The summed E-state index contributed by atoms with van der Waals surface area (Å²) in [6.45, 7) is 4.88. The number of ether oxygens (including phenoxy) is 2. The third-order valence-corrected chi connectivity index (χ3v) is 2.14. The molecular formula is C11H23NO3. The van der Waals surface area contributed by atoms with Crippen LogP contribution < -0.4 is 0 Å². The van der Waals surface area contributed by atoms with Crippen LogP contribution >= 0.6 is 0 Å². The van der Waals surface area contributed by atoms with E-state index in [1.807, 2.05) is 14.0 Å². The number of methoxy groups -OCH3 is 1. The third kappa shape index (κ3) is 9.69. The van der Waals surface area contributed by atoms with E-state index in [0.717, 1.165) is 32.5 Å². The quantitative estimate of drug-likeness (QED) is 0.431. The Hall–Kier alpha value is -0.610. The van der Waals surface area contributed by atoms with E-state index in [-0.39, 0.29) is 5.97 Å². The summed E-state index contributed by atoms with van der Waals surface area (Å²) in [7, 11) is 3.73. The summed E-state index contributed by atoms with van der Waals surface area (Å²) in [6, 6.07) is 0. The second-order valence-corrected chi connectivity index (χ2v) is 3.56. The van der Waals surface area contributed by atoms with Gasteiger partial charge < -0.3 is 14.4 Å². The molecule has 0 aromatic heterocycles. The highest BCUT2D eigenvalue weighted by Crippen LogP contribution is 1.96. The molecule has 15 heavy (non-hydrogen) atoms. The van der Waals surface area contributed by atoms with E-state index in [2.05, 4.69) is 4.90 Å². The van der Waals surface area contributed by atoms with E-state index in [4.69, 9.17) is 9.47 Å². The van der Waals surface area contributed by atoms with Gasteiger partial charge in [-0.15, -0.1) is 0 Å². The van der Waals surface area contributed by atoms with Crippen molar-refractivity contribution >= 4 is 5.97 Å². The predicted octanol–water partition coefficient (Wildman–Crippen LogP) is 1.30. The van der Waals surface area contributed by atoms with Crippen LogP contribution in [0.1, 0.15) is 26.2 Å². The SMILES string of the molecule is CCOC(=O)CCN(C)CCCCOC. The number of esters is 1. The molecule has 0 aliphatic rings. The van der Waals surface area contributed by atoms with Crippen LogP contribution in [0, 0.1) is 0 Å². The van der Waals surface area contributed by atoms with Crippen molar-refractivity contribution in [3.63, 3.8) is 0 Å². The average Bonchev–Trinajstić information content (AvgIpc) is 2.22. The Morgan fingerprint density at radius 2 is 2.00 bits per heavy atom. The van der Waals surface area contributed by atoms with E-state index < -0.39 is 0 Å². The molecule has 0 fully saturated rings. The third-order valence-electron chi connectivity index (χ3n) is 2.14. The molecule has 90 valence electrons. The molecule has 0 N–H and O–H groups in total. The minimum atomic E-state index is -0.110. The Morgan fingerprint density at radius 1 is 1.27 bits per heavy atom. The highest BCUT2D eigenvalue weighted by atomic mass is 16.5. The Kier molecular flexibility index (Phi) is 9.52. The zero-order valence-corrected chi connectivity index (χ0v) is 10.1. The van der Waals surface area contributed by atoms with Crippen molar-refractivity contribution in [3.05, 3.63) is 0 Å². The number of nitrogens with zero attached hydrogens (tertiary/aromatic N) is 1. The van der Waals surface area contributed by atoms with E-state index in [9.17, 15) is 4.79 Å². The molecule has 0 rings (SSSR count). The molecule has 0 aromatic rings. The summed E-state index contributed by atoms with van der Waals surface area (Å²) in [5.41, 5.74) is 0. The molecule has 0 amide bonds. The van der Waals surface area contributed by atoms with Crippen molar-refractivity contribution in [2.75, 3.05) is 40.5 Å². The van der Waals surface area contributed by atoms with Gasteiger partial charge >= 0.3 is 5.97 Å². The van der Waals surface area contributed by atoms with Gasteiger partial charge in [-0.3, -0.25) is 4.79 Å². The van der Waals surface area contributed by atoms with Crippen LogP contribution in [0.15, 0.2) is 0 Å². The highest BCUT2D eigenvalue weighted by Gasteiger charge is 2.04. The second kappa shape index (κ2) is 9.93. The fourth-order valence-corrected chi connectivity index (χ4v) is 1.26. The van der Waals surface area contributed by atoms with E-state index in [1.165, 1.54) is 0 Å².